The molecule has 1 aromatic carbocycles. The fourth-order valence-corrected chi connectivity index (χ4v) is 2.64. The number of hydrogen-bond donors (Lipinski definition) is 2. The SMILES string of the molecule is COc1ccc(C)cc1NC(=O)CCC1CCNCC1. The average Bonchev–Trinajstić information content (AvgIpc) is 2.46. The third-order valence-corrected chi connectivity index (χ3v) is 3.87. The van der Waals surface area contributed by atoms with Crippen molar-refractivity contribution in [3.8, 4) is 5.75 Å². The molecule has 0 saturated carbocycles. The van der Waals surface area contributed by atoms with Gasteiger partial charge in [0.1, 0.15) is 5.75 Å². The van der Waals surface area contributed by atoms with Gasteiger partial charge >= 0.3 is 0 Å². The number of piperidine rings is 1. The average molecular weight is 276 g/mol. The highest BCUT2D eigenvalue weighted by Gasteiger charge is 2.15. The van der Waals surface area contributed by atoms with Gasteiger partial charge in [-0.2, -0.15) is 0 Å². The summed E-state index contributed by atoms with van der Waals surface area (Å²) in [7, 11) is 1.62. The van der Waals surface area contributed by atoms with Crippen LogP contribution in [0.4, 0.5) is 5.69 Å². The van der Waals surface area contributed by atoms with Crippen molar-refractivity contribution in [1.82, 2.24) is 5.32 Å². The number of rotatable bonds is 5. The Bertz CT molecular complexity index is 454. The summed E-state index contributed by atoms with van der Waals surface area (Å²) in [4.78, 5) is 12.1. The highest BCUT2D eigenvalue weighted by molar-refractivity contribution is 5.92. The van der Waals surface area contributed by atoms with Crippen LogP contribution in [0.1, 0.15) is 31.2 Å². The van der Waals surface area contributed by atoms with Crippen molar-refractivity contribution in [2.75, 3.05) is 25.5 Å². The van der Waals surface area contributed by atoms with Gasteiger partial charge in [0, 0.05) is 6.42 Å². The highest BCUT2D eigenvalue weighted by atomic mass is 16.5. The Balaban J connectivity index is 1.86. The molecule has 4 heteroatoms. The number of carbonyl (C=O) groups is 1. The summed E-state index contributed by atoms with van der Waals surface area (Å²) in [5.41, 5.74) is 1.88. The van der Waals surface area contributed by atoms with Crippen LogP contribution in [-0.4, -0.2) is 26.1 Å². The van der Waals surface area contributed by atoms with Gasteiger partial charge in [-0.3, -0.25) is 4.79 Å². The fourth-order valence-electron chi connectivity index (χ4n) is 2.64. The van der Waals surface area contributed by atoms with E-state index in [1.165, 1.54) is 12.8 Å². The van der Waals surface area contributed by atoms with E-state index in [1.807, 2.05) is 25.1 Å². The van der Waals surface area contributed by atoms with Crippen molar-refractivity contribution in [3.05, 3.63) is 23.8 Å². The Morgan fingerprint density at radius 3 is 2.85 bits per heavy atom. The molecule has 0 aromatic heterocycles. The van der Waals surface area contributed by atoms with Gasteiger partial charge in [0.2, 0.25) is 5.91 Å². The number of aryl methyl sites for hydroxylation is 1. The molecule has 1 aliphatic heterocycles. The maximum atomic E-state index is 12.1. The van der Waals surface area contributed by atoms with Gasteiger partial charge in [-0.1, -0.05) is 6.07 Å². The van der Waals surface area contributed by atoms with Crippen molar-refractivity contribution >= 4 is 11.6 Å². The van der Waals surface area contributed by atoms with E-state index in [-0.39, 0.29) is 5.91 Å². The van der Waals surface area contributed by atoms with Crippen LogP contribution < -0.4 is 15.4 Å². The Morgan fingerprint density at radius 2 is 2.15 bits per heavy atom. The summed E-state index contributed by atoms with van der Waals surface area (Å²) in [6.07, 6.45) is 3.92. The van der Waals surface area contributed by atoms with Crippen LogP contribution in [0.2, 0.25) is 0 Å². The molecular weight excluding hydrogens is 252 g/mol. The third-order valence-electron chi connectivity index (χ3n) is 3.87. The first-order valence-corrected chi connectivity index (χ1v) is 7.34. The number of anilines is 1. The van der Waals surface area contributed by atoms with E-state index in [4.69, 9.17) is 4.74 Å². The third kappa shape index (κ3) is 4.23. The normalized spacial score (nSPS) is 15.9. The minimum absolute atomic E-state index is 0.0763. The summed E-state index contributed by atoms with van der Waals surface area (Å²) < 4.78 is 5.27. The molecule has 0 spiro atoms. The second-order valence-electron chi connectivity index (χ2n) is 5.48. The van der Waals surface area contributed by atoms with Crippen LogP contribution in [0.3, 0.4) is 0 Å². The predicted octanol–water partition coefficient (Wildman–Crippen LogP) is 2.72. The second-order valence-corrected chi connectivity index (χ2v) is 5.48. The molecule has 4 nitrogen and oxygen atoms in total. The minimum atomic E-state index is 0.0763. The monoisotopic (exact) mass is 276 g/mol. The van der Waals surface area contributed by atoms with Gasteiger partial charge < -0.3 is 15.4 Å². The zero-order valence-corrected chi connectivity index (χ0v) is 12.4. The number of amides is 1. The van der Waals surface area contributed by atoms with Crippen LogP contribution in [0, 0.1) is 12.8 Å². The van der Waals surface area contributed by atoms with Gasteiger partial charge in [0.25, 0.3) is 0 Å². The lowest BCUT2D eigenvalue weighted by Gasteiger charge is -2.22. The molecule has 1 aromatic rings. The fraction of sp³-hybridized carbons (Fsp3) is 0.562. The first-order chi connectivity index (χ1) is 9.69. The first-order valence-electron chi connectivity index (χ1n) is 7.34. The second kappa shape index (κ2) is 7.29. The molecule has 0 radical (unpaired) electrons. The van der Waals surface area contributed by atoms with E-state index < -0.39 is 0 Å². The minimum Gasteiger partial charge on any atom is -0.495 e. The number of methoxy groups -OCH3 is 1. The van der Waals surface area contributed by atoms with Crippen LogP contribution in [0.25, 0.3) is 0 Å². The molecule has 0 bridgehead atoms. The summed E-state index contributed by atoms with van der Waals surface area (Å²) in [6.45, 7) is 4.17. The van der Waals surface area contributed by atoms with Crippen LogP contribution in [0.5, 0.6) is 5.75 Å². The largest absolute Gasteiger partial charge is 0.495 e. The van der Waals surface area contributed by atoms with E-state index in [1.54, 1.807) is 7.11 Å². The van der Waals surface area contributed by atoms with Crippen molar-refractivity contribution in [3.63, 3.8) is 0 Å². The van der Waals surface area contributed by atoms with Gasteiger partial charge in [-0.15, -0.1) is 0 Å². The van der Waals surface area contributed by atoms with Crippen LogP contribution in [-0.2, 0) is 4.79 Å². The molecule has 0 unspecified atom stereocenters. The van der Waals surface area contributed by atoms with Gasteiger partial charge in [0.05, 0.1) is 12.8 Å². The first kappa shape index (κ1) is 14.9. The number of hydrogen-bond acceptors (Lipinski definition) is 3. The number of nitrogens with one attached hydrogen (secondary N) is 2. The number of ether oxygens (including phenoxy) is 1. The lowest BCUT2D eigenvalue weighted by atomic mass is 9.93. The Labute approximate surface area is 120 Å². The van der Waals surface area contributed by atoms with Crippen LogP contribution in [0.15, 0.2) is 18.2 Å². The van der Waals surface area contributed by atoms with E-state index in [2.05, 4.69) is 10.6 Å². The molecule has 1 heterocycles. The van der Waals surface area contributed by atoms with Crippen LogP contribution >= 0.6 is 0 Å². The molecule has 1 fully saturated rings. The molecule has 2 rings (SSSR count). The molecule has 110 valence electrons. The Kier molecular flexibility index (Phi) is 5.41. The zero-order valence-electron chi connectivity index (χ0n) is 12.4. The maximum absolute atomic E-state index is 12.1. The predicted molar refractivity (Wildman–Crippen MR) is 81.2 cm³/mol. The summed E-state index contributed by atoms with van der Waals surface area (Å²) >= 11 is 0. The summed E-state index contributed by atoms with van der Waals surface area (Å²) in [5.74, 6) is 1.47. The van der Waals surface area contributed by atoms with E-state index in [0.29, 0.717) is 18.1 Å². The lowest BCUT2D eigenvalue weighted by molar-refractivity contribution is -0.116. The van der Waals surface area contributed by atoms with E-state index >= 15 is 0 Å². The molecule has 1 aliphatic rings. The molecule has 0 atom stereocenters. The van der Waals surface area contributed by atoms with Crippen molar-refractivity contribution in [2.45, 2.75) is 32.6 Å². The van der Waals surface area contributed by atoms with Crippen molar-refractivity contribution in [1.29, 1.82) is 0 Å². The molecule has 0 aliphatic carbocycles. The quantitative estimate of drug-likeness (QED) is 0.869. The van der Waals surface area contributed by atoms with Crippen molar-refractivity contribution in [2.24, 2.45) is 5.92 Å². The van der Waals surface area contributed by atoms with Gasteiger partial charge in [0.15, 0.2) is 0 Å². The topological polar surface area (TPSA) is 50.4 Å². The lowest BCUT2D eigenvalue weighted by Crippen LogP contribution is -2.28. The molecule has 1 amide bonds. The molecule has 2 N–H and O–H groups in total. The number of benzene rings is 1. The Morgan fingerprint density at radius 1 is 1.40 bits per heavy atom. The van der Waals surface area contributed by atoms with E-state index in [9.17, 15) is 4.79 Å². The maximum Gasteiger partial charge on any atom is 0.224 e. The molecule has 20 heavy (non-hydrogen) atoms. The molecular formula is C16H24N2O2. The molecule has 1 saturated heterocycles. The summed E-state index contributed by atoms with van der Waals surface area (Å²) in [5, 5.41) is 6.31. The van der Waals surface area contributed by atoms with Gasteiger partial charge in [-0.25, -0.2) is 0 Å². The van der Waals surface area contributed by atoms with Gasteiger partial charge in [-0.05, 0) is 62.9 Å². The van der Waals surface area contributed by atoms with E-state index in [0.717, 1.165) is 30.8 Å². The zero-order chi connectivity index (χ0) is 14.4. The standard InChI is InChI=1S/C16H24N2O2/c1-12-3-5-15(20-2)14(11-12)18-16(19)6-4-13-7-9-17-10-8-13/h3,5,11,13,17H,4,6-10H2,1-2H3,(H,18,19). The smallest absolute Gasteiger partial charge is 0.224 e. The highest BCUT2D eigenvalue weighted by Crippen LogP contribution is 2.26. The Hall–Kier alpha value is -1.55. The summed E-state index contributed by atoms with van der Waals surface area (Å²) in [6, 6.07) is 5.81. The van der Waals surface area contributed by atoms with Crippen molar-refractivity contribution < 1.29 is 9.53 Å². The number of carbonyl (C=O) groups excluding carboxylic acids is 1.